The van der Waals surface area contributed by atoms with E-state index < -0.39 is 23.3 Å². The van der Waals surface area contributed by atoms with E-state index >= 15 is 0 Å². The van der Waals surface area contributed by atoms with Crippen LogP contribution in [0.3, 0.4) is 0 Å². The van der Waals surface area contributed by atoms with Crippen molar-refractivity contribution in [3.05, 3.63) is 17.7 Å². The van der Waals surface area contributed by atoms with Gasteiger partial charge in [0, 0.05) is 18.7 Å². The average Bonchev–Trinajstić information content (AvgIpc) is 2.80. The molecule has 1 aromatic rings. The van der Waals surface area contributed by atoms with Gasteiger partial charge >= 0.3 is 12.1 Å². The van der Waals surface area contributed by atoms with Gasteiger partial charge in [-0.1, -0.05) is 0 Å². The predicted molar refractivity (Wildman–Crippen MR) is 60.9 cm³/mol. The number of nitrogens with zero attached hydrogens (tertiary/aromatic N) is 2. The standard InChI is InChI=1S/C14H11F3N2O2/c1-19-2-3(14(15,16)17)18-10(19)12-4-7-5(12)9-6(12)8(4)13(7,9)11(20)21/h2,4-9H,1H3,(H,20,21). The zero-order valence-electron chi connectivity index (χ0n) is 10.9. The van der Waals surface area contributed by atoms with Gasteiger partial charge in [0.15, 0.2) is 5.69 Å². The van der Waals surface area contributed by atoms with Crippen molar-refractivity contribution >= 4 is 5.97 Å². The van der Waals surface area contributed by atoms with Gasteiger partial charge < -0.3 is 9.67 Å². The maximum Gasteiger partial charge on any atom is 0.434 e. The van der Waals surface area contributed by atoms with Gasteiger partial charge in [-0.3, -0.25) is 4.79 Å². The first-order valence-corrected chi connectivity index (χ1v) is 7.14. The molecule has 0 aromatic carbocycles. The highest BCUT2D eigenvalue weighted by Gasteiger charge is 3.12. The van der Waals surface area contributed by atoms with Gasteiger partial charge in [0.2, 0.25) is 0 Å². The molecule has 1 heterocycles. The summed E-state index contributed by atoms with van der Waals surface area (Å²) >= 11 is 0. The van der Waals surface area contributed by atoms with E-state index in [4.69, 9.17) is 0 Å². The van der Waals surface area contributed by atoms with Crippen molar-refractivity contribution < 1.29 is 23.1 Å². The van der Waals surface area contributed by atoms with Crippen molar-refractivity contribution in [2.75, 3.05) is 0 Å². The number of aliphatic carboxylic acids is 1. The van der Waals surface area contributed by atoms with E-state index in [-0.39, 0.29) is 40.9 Å². The van der Waals surface area contributed by atoms with Crippen LogP contribution < -0.4 is 0 Å². The number of carboxylic acid groups (broad SMARTS) is 1. The second-order valence-corrected chi connectivity index (χ2v) is 7.38. The van der Waals surface area contributed by atoms with Crippen molar-refractivity contribution in [3.63, 3.8) is 0 Å². The summed E-state index contributed by atoms with van der Waals surface area (Å²) in [6.07, 6.45) is -3.36. The fourth-order valence-corrected chi connectivity index (χ4v) is 7.41. The van der Waals surface area contributed by atoms with Crippen molar-refractivity contribution in [2.45, 2.75) is 11.6 Å². The van der Waals surface area contributed by atoms with Gasteiger partial charge in [-0.2, -0.15) is 13.2 Å². The number of hydrogen-bond acceptors (Lipinski definition) is 2. The Balaban J connectivity index is 1.43. The molecule has 7 heteroatoms. The Morgan fingerprint density at radius 1 is 1.24 bits per heavy atom. The molecular formula is C14H11F3N2O2. The molecule has 6 saturated carbocycles. The number of alkyl halides is 3. The number of halogens is 3. The van der Waals surface area contributed by atoms with Crippen LogP contribution in [0.1, 0.15) is 11.5 Å². The number of imidazole rings is 1. The predicted octanol–water partition coefficient (Wildman–Crippen LogP) is 1.51. The fraction of sp³-hybridized carbons (Fsp3) is 0.714. The van der Waals surface area contributed by atoms with Crippen LogP contribution in [0, 0.1) is 40.9 Å². The first-order chi connectivity index (χ1) is 9.80. The minimum Gasteiger partial charge on any atom is -0.481 e. The lowest BCUT2D eigenvalue weighted by Crippen LogP contribution is -3.12. The summed E-state index contributed by atoms with van der Waals surface area (Å²) in [7, 11) is 1.62. The molecule has 6 aliphatic rings. The molecule has 0 atom stereocenters. The molecule has 0 aliphatic heterocycles. The molecule has 6 fully saturated rings. The Labute approximate surface area is 117 Å². The van der Waals surface area contributed by atoms with Gasteiger partial charge in [0.1, 0.15) is 5.82 Å². The first kappa shape index (κ1) is 11.1. The molecular weight excluding hydrogens is 285 g/mol. The number of carboxylic acids is 1. The van der Waals surface area contributed by atoms with E-state index in [2.05, 4.69) is 4.98 Å². The molecule has 0 radical (unpaired) electrons. The molecule has 0 unspecified atom stereocenters. The minimum atomic E-state index is -4.42. The Bertz CT molecular complexity index is 711. The molecule has 0 saturated heterocycles. The summed E-state index contributed by atoms with van der Waals surface area (Å²) in [5, 5.41) is 9.41. The summed E-state index contributed by atoms with van der Waals surface area (Å²) in [6.45, 7) is 0. The molecule has 0 spiro atoms. The van der Waals surface area contributed by atoms with Crippen LogP contribution in [0.15, 0.2) is 6.20 Å². The summed E-state index contributed by atoms with van der Waals surface area (Å²) in [5.74, 6) is 1.30. The quantitative estimate of drug-likeness (QED) is 0.900. The SMILES string of the molecule is Cn1cc(C(F)(F)F)nc1C12C3C4C1C1C2C3C41C(=O)O. The van der Waals surface area contributed by atoms with Crippen LogP contribution in [0.5, 0.6) is 0 Å². The molecule has 110 valence electrons. The molecule has 7 rings (SSSR count). The third kappa shape index (κ3) is 0.640. The molecule has 6 aliphatic carbocycles. The van der Waals surface area contributed by atoms with Crippen molar-refractivity contribution in [1.82, 2.24) is 9.55 Å². The van der Waals surface area contributed by atoms with Crippen molar-refractivity contribution in [2.24, 2.45) is 48.0 Å². The summed E-state index contributed by atoms with van der Waals surface area (Å²) in [5.41, 5.74) is -1.53. The maximum absolute atomic E-state index is 12.8. The topological polar surface area (TPSA) is 55.1 Å². The highest BCUT2D eigenvalue weighted by molar-refractivity contribution is 5.88. The Hall–Kier alpha value is -1.53. The van der Waals surface area contributed by atoms with E-state index in [0.29, 0.717) is 5.82 Å². The molecule has 1 N–H and O–H groups in total. The van der Waals surface area contributed by atoms with Crippen LogP contribution in [0.25, 0.3) is 0 Å². The van der Waals surface area contributed by atoms with E-state index in [9.17, 15) is 23.1 Å². The number of hydrogen-bond donors (Lipinski definition) is 1. The summed E-state index contributed by atoms with van der Waals surface area (Å²) < 4.78 is 40.0. The minimum absolute atomic E-state index is 0.209. The number of rotatable bonds is 2. The van der Waals surface area contributed by atoms with Gasteiger partial charge in [0.05, 0.1) is 5.41 Å². The van der Waals surface area contributed by atoms with E-state index in [1.807, 2.05) is 0 Å². The lowest BCUT2D eigenvalue weighted by Gasteiger charge is -3.09. The second-order valence-electron chi connectivity index (χ2n) is 7.38. The third-order valence-corrected chi connectivity index (χ3v) is 7.56. The molecule has 0 bridgehead atoms. The smallest absolute Gasteiger partial charge is 0.434 e. The Morgan fingerprint density at radius 2 is 1.76 bits per heavy atom. The van der Waals surface area contributed by atoms with Crippen LogP contribution in [0.4, 0.5) is 13.2 Å². The normalized spacial score (nSPS) is 56.4. The number of aryl methyl sites for hydroxylation is 1. The third-order valence-electron chi connectivity index (χ3n) is 7.56. The average molecular weight is 296 g/mol. The number of aromatic nitrogens is 2. The van der Waals surface area contributed by atoms with Crippen LogP contribution in [0.2, 0.25) is 0 Å². The van der Waals surface area contributed by atoms with Crippen LogP contribution in [-0.4, -0.2) is 20.6 Å². The zero-order chi connectivity index (χ0) is 14.7. The molecule has 0 amide bonds. The van der Waals surface area contributed by atoms with Crippen LogP contribution >= 0.6 is 0 Å². The Morgan fingerprint density at radius 3 is 2.14 bits per heavy atom. The monoisotopic (exact) mass is 296 g/mol. The highest BCUT2D eigenvalue weighted by atomic mass is 19.4. The largest absolute Gasteiger partial charge is 0.481 e. The van der Waals surface area contributed by atoms with Gasteiger partial charge in [0.25, 0.3) is 0 Å². The molecule has 21 heavy (non-hydrogen) atoms. The number of carbonyl (C=O) groups is 1. The summed E-state index contributed by atoms with van der Waals surface area (Å²) in [6, 6.07) is 0. The lowest BCUT2D eigenvalue weighted by atomic mass is 8.92. The highest BCUT2D eigenvalue weighted by Crippen LogP contribution is 3.09. The van der Waals surface area contributed by atoms with E-state index in [1.54, 1.807) is 7.05 Å². The first-order valence-electron chi connectivity index (χ1n) is 7.14. The Kier molecular flexibility index (Phi) is 1.27. The van der Waals surface area contributed by atoms with Gasteiger partial charge in [-0.25, -0.2) is 4.98 Å². The van der Waals surface area contributed by atoms with E-state index in [1.165, 1.54) is 4.57 Å². The maximum atomic E-state index is 12.8. The molecule has 1 aromatic heterocycles. The fourth-order valence-electron chi connectivity index (χ4n) is 7.41. The van der Waals surface area contributed by atoms with Crippen molar-refractivity contribution in [3.8, 4) is 0 Å². The molecule has 4 nitrogen and oxygen atoms in total. The van der Waals surface area contributed by atoms with Crippen LogP contribution in [-0.2, 0) is 23.4 Å². The summed E-state index contributed by atoms with van der Waals surface area (Å²) in [4.78, 5) is 15.3. The lowest BCUT2D eigenvalue weighted by molar-refractivity contribution is -0.614. The zero-order valence-corrected chi connectivity index (χ0v) is 10.9. The van der Waals surface area contributed by atoms with Gasteiger partial charge in [-0.05, 0) is 35.5 Å². The van der Waals surface area contributed by atoms with E-state index in [0.717, 1.165) is 6.20 Å². The van der Waals surface area contributed by atoms with Crippen molar-refractivity contribution in [1.29, 1.82) is 0 Å². The second kappa shape index (κ2) is 2.40. The van der Waals surface area contributed by atoms with Gasteiger partial charge in [-0.15, -0.1) is 0 Å².